The molecule has 0 radical (unpaired) electrons. The minimum Gasteiger partial charge on any atom is -0.444 e. The zero-order valence-corrected chi connectivity index (χ0v) is 17.8. The molecule has 1 aliphatic heterocycles. The van der Waals surface area contributed by atoms with Gasteiger partial charge in [0, 0.05) is 21.8 Å². The van der Waals surface area contributed by atoms with E-state index in [1.54, 1.807) is 4.90 Å². The van der Waals surface area contributed by atoms with Crippen LogP contribution in [0.3, 0.4) is 0 Å². The molecule has 1 unspecified atom stereocenters. The second kappa shape index (κ2) is 6.67. The number of ether oxygens (including phenoxy) is 1. The number of amides is 1. The Hall–Kier alpha value is -1.79. The van der Waals surface area contributed by atoms with Crippen LogP contribution in [-0.4, -0.2) is 33.1 Å². The molecule has 1 N–H and O–H groups in total. The summed E-state index contributed by atoms with van der Waals surface area (Å²) >= 11 is 9.97. The SMILES string of the molecule is CC(C)(C)OC(=O)N1CCCC1c1nc2c(cc(Cl)c3cc(Br)ccc32)[nH]1. The first-order valence-electron chi connectivity index (χ1n) is 9.00. The van der Waals surface area contributed by atoms with Crippen molar-refractivity contribution in [2.45, 2.75) is 45.3 Å². The first-order valence-corrected chi connectivity index (χ1v) is 10.2. The molecule has 1 amide bonds. The summed E-state index contributed by atoms with van der Waals surface area (Å²) in [4.78, 5) is 22.6. The fourth-order valence-corrected chi connectivity index (χ4v) is 4.22. The minimum absolute atomic E-state index is 0.114. The number of aromatic amines is 1. The Labute approximate surface area is 171 Å². The van der Waals surface area contributed by atoms with Crippen molar-refractivity contribution in [3.05, 3.63) is 39.6 Å². The number of nitrogens with one attached hydrogen (secondary N) is 1. The first kappa shape index (κ1) is 18.6. The van der Waals surface area contributed by atoms with Crippen molar-refractivity contribution in [3.63, 3.8) is 0 Å². The largest absolute Gasteiger partial charge is 0.444 e. The number of fused-ring (bicyclic) bond motifs is 3. The summed E-state index contributed by atoms with van der Waals surface area (Å²) in [5.41, 5.74) is 1.23. The average Bonchev–Trinajstić information content (AvgIpc) is 3.19. The van der Waals surface area contributed by atoms with Crippen molar-refractivity contribution in [2.75, 3.05) is 6.54 Å². The topological polar surface area (TPSA) is 58.2 Å². The van der Waals surface area contributed by atoms with Crippen molar-refractivity contribution in [1.29, 1.82) is 0 Å². The maximum absolute atomic E-state index is 12.6. The molecule has 3 aromatic rings. The van der Waals surface area contributed by atoms with E-state index < -0.39 is 5.60 Å². The van der Waals surface area contributed by atoms with E-state index in [4.69, 9.17) is 21.3 Å². The Morgan fingerprint density at radius 1 is 1.33 bits per heavy atom. The summed E-state index contributed by atoms with van der Waals surface area (Å²) in [6.45, 7) is 6.31. The summed E-state index contributed by atoms with van der Waals surface area (Å²) in [6.07, 6.45) is 1.49. The summed E-state index contributed by atoms with van der Waals surface area (Å²) in [5, 5.41) is 2.61. The predicted molar refractivity (Wildman–Crippen MR) is 111 cm³/mol. The normalized spacial score (nSPS) is 17.8. The van der Waals surface area contributed by atoms with Crippen molar-refractivity contribution in [2.24, 2.45) is 0 Å². The monoisotopic (exact) mass is 449 g/mol. The maximum Gasteiger partial charge on any atom is 0.410 e. The van der Waals surface area contributed by atoms with E-state index >= 15 is 0 Å². The van der Waals surface area contributed by atoms with Gasteiger partial charge in [-0.2, -0.15) is 0 Å². The van der Waals surface area contributed by atoms with Gasteiger partial charge in [0.1, 0.15) is 11.4 Å². The molecule has 142 valence electrons. The molecule has 5 nitrogen and oxygen atoms in total. The van der Waals surface area contributed by atoms with Crippen LogP contribution in [0.25, 0.3) is 21.8 Å². The van der Waals surface area contributed by atoms with Gasteiger partial charge in [-0.15, -0.1) is 0 Å². The van der Waals surface area contributed by atoms with Crippen LogP contribution >= 0.6 is 27.5 Å². The van der Waals surface area contributed by atoms with Gasteiger partial charge in [0.2, 0.25) is 0 Å². The van der Waals surface area contributed by atoms with Gasteiger partial charge in [-0.25, -0.2) is 9.78 Å². The fraction of sp³-hybridized carbons (Fsp3) is 0.400. The number of hydrogen-bond acceptors (Lipinski definition) is 3. The van der Waals surface area contributed by atoms with Crippen LogP contribution in [0.4, 0.5) is 4.79 Å². The second-order valence-corrected chi connectivity index (χ2v) is 9.22. The fourth-order valence-electron chi connectivity index (χ4n) is 3.59. The second-order valence-electron chi connectivity index (χ2n) is 7.90. The van der Waals surface area contributed by atoms with Crippen molar-refractivity contribution >= 4 is 55.4 Å². The van der Waals surface area contributed by atoms with E-state index in [9.17, 15) is 4.79 Å². The number of likely N-dealkylation sites (tertiary alicyclic amines) is 1. The molecule has 1 atom stereocenters. The van der Waals surface area contributed by atoms with Gasteiger partial charge in [0.25, 0.3) is 0 Å². The number of imidazole rings is 1. The Kier molecular flexibility index (Phi) is 4.59. The molecule has 4 rings (SSSR count). The number of halogens is 2. The quantitative estimate of drug-likeness (QED) is 0.480. The highest BCUT2D eigenvalue weighted by Crippen LogP contribution is 2.36. The molecule has 1 fully saturated rings. The summed E-state index contributed by atoms with van der Waals surface area (Å²) in [5.74, 6) is 0.778. The lowest BCUT2D eigenvalue weighted by Crippen LogP contribution is -2.36. The molecule has 27 heavy (non-hydrogen) atoms. The van der Waals surface area contributed by atoms with Crippen molar-refractivity contribution < 1.29 is 9.53 Å². The van der Waals surface area contributed by atoms with E-state index in [1.807, 2.05) is 45.0 Å². The molecular formula is C20H21BrClN3O2. The van der Waals surface area contributed by atoms with Crippen molar-refractivity contribution in [3.8, 4) is 0 Å². The Morgan fingerprint density at radius 3 is 2.85 bits per heavy atom. The highest BCUT2D eigenvalue weighted by atomic mass is 79.9. The van der Waals surface area contributed by atoms with Gasteiger partial charge < -0.3 is 9.72 Å². The number of benzene rings is 2. The van der Waals surface area contributed by atoms with Crippen molar-refractivity contribution in [1.82, 2.24) is 14.9 Å². The smallest absolute Gasteiger partial charge is 0.410 e. The van der Waals surface area contributed by atoms with E-state index in [2.05, 4.69) is 20.9 Å². The molecule has 1 aliphatic rings. The number of carbonyl (C=O) groups is 1. The van der Waals surface area contributed by atoms with Crippen LogP contribution in [0.15, 0.2) is 28.7 Å². The van der Waals surface area contributed by atoms with Crippen LogP contribution in [-0.2, 0) is 4.74 Å². The number of nitrogens with zero attached hydrogens (tertiary/aromatic N) is 2. The molecule has 1 saturated heterocycles. The molecule has 7 heteroatoms. The molecule has 0 bridgehead atoms. The average molecular weight is 451 g/mol. The zero-order valence-electron chi connectivity index (χ0n) is 15.5. The Morgan fingerprint density at radius 2 is 2.11 bits per heavy atom. The minimum atomic E-state index is -0.519. The first-order chi connectivity index (χ1) is 12.7. The van der Waals surface area contributed by atoms with Gasteiger partial charge in [-0.3, -0.25) is 4.90 Å². The molecule has 2 heterocycles. The van der Waals surface area contributed by atoms with Gasteiger partial charge in [0.15, 0.2) is 0 Å². The van der Waals surface area contributed by atoms with Crippen LogP contribution in [0.2, 0.25) is 5.02 Å². The number of carbonyl (C=O) groups excluding carboxylic acids is 1. The van der Waals surface area contributed by atoms with Crippen LogP contribution < -0.4 is 0 Å². The summed E-state index contributed by atoms with van der Waals surface area (Å²) in [6, 6.07) is 7.77. The third-order valence-corrected chi connectivity index (χ3v) is 5.52. The van der Waals surface area contributed by atoms with Gasteiger partial charge in [0.05, 0.1) is 22.1 Å². The van der Waals surface area contributed by atoms with Crippen LogP contribution in [0.5, 0.6) is 0 Å². The Balaban J connectivity index is 1.75. The number of H-pyrrole nitrogens is 1. The lowest BCUT2D eigenvalue weighted by atomic mass is 10.1. The molecule has 0 aliphatic carbocycles. The van der Waals surface area contributed by atoms with E-state index in [0.717, 1.165) is 44.9 Å². The van der Waals surface area contributed by atoms with Crippen LogP contribution in [0.1, 0.15) is 45.5 Å². The summed E-state index contributed by atoms with van der Waals surface area (Å²) in [7, 11) is 0. The molecule has 1 aromatic heterocycles. The third-order valence-electron chi connectivity index (χ3n) is 4.71. The van der Waals surface area contributed by atoms with E-state index in [0.29, 0.717) is 11.6 Å². The third kappa shape index (κ3) is 3.52. The lowest BCUT2D eigenvalue weighted by Gasteiger charge is -2.27. The highest BCUT2D eigenvalue weighted by Gasteiger charge is 2.35. The van der Waals surface area contributed by atoms with E-state index in [1.165, 1.54) is 0 Å². The van der Waals surface area contributed by atoms with Gasteiger partial charge >= 0.3 is 6.09 Å². The maximum atomic E-state index is 12.6. The van der Waals surface area contributed by atoms with Gasteiger partial charge in [-0.05, 0) is 51.8 Å². The Bertz CT molecular complexity index is 1040. The van der Waals surface area contributed by atoms with Crippen LogP contribution in [0, 0.1) is 0 Å². The predicted octanol–water partition coefficient (Wildman–Crippen LogP) is 6.20. The molecule has 0 spiro atoms. The number of aromatic nitrogens is 2. The number of rotatable bonds is 1. The van der Waals surface area contributed by atoms with E-state index in [-0.39, 0.29) is 12.1 Å². The molecular weight excluding hydrogens is 430 g/mol. The zero-order chi connectivity index (χ0) is 19.3. The standard InChI is InChI=1S/C20H21BrClN3O2/c1-20(2,3)27-19(26)25-8-4-5-16(25)18-23-15-10-14(22)13-9-11(21)6-7-12(13)17(15)24-18/h6-7,9-10,16H,4-5,8H2,1-3H3,(H,23,24). The molecule has 2 aromatic carbocycles. The highest BCUT2D eigenvalue weighted by molar-refractivity contribution is 9.10. The molecule has 0 saturated carbocycles. The van der Waals surface area contributed by atoms with Gasteiger partial charge in [-0.1, -0.05) is 33.6 Å². The lowest BCUT2D eigenvalue weighted by molar-refractivity contribution is 0.0219. The number of hydrogen-bond donors (Lipinski definition) is 1. The summed E-state index contributed by atoms with van der Waals surface area (Å²) < 4.78 is 6.54.